The molecule has 0 saturated carbocycles. The van der Waals surface area contributed by atoms with Crippen molar-refractivity contribution in [2.24, 2.45) is 5.73 Å². The van der Waals surface area contributed by atoms with Gasteiger partial charge in [-0.1, -0.05) is 0 Å². The second kappa shape index (κ2) is 4.84. The summed E-state index contributed by atoms with van der Waals surface area (Å²) in [4.78, 5) is 10.6. The Hall–Kier alpha value is -1.07. The highest BCUT2D eigenvalue weighted by atomic mass is 35.5. The van der Waals surface area contributed by atoms with Crippen LogP contribution in [0, 0.1) is 0 Å². The summed E-state index contributed by atoms with van der Waals surface area (Å²) in [5, 5.41) is 12.5. The summed E-state index contributed by atoms with van der Waals surface area (Å²) in [6.07, 6.45) is 1.45. The molecule has 0 bridgehead atoms. The molecule has 0 spiro atoms. The van der Waals surface area contributed by atoms with Gasteiger partial charge in [-0.15, -0.1) is 12.4 Å². The molecule has 74 valence electrons. The largest absolute Gasteiger partial charge is 0.477 e. The van der Waals surface area contributed by atoms with E-state index in [1.807, 2.05) is 0 Å². The van der Waals surface area contributed by atoms with Crippen LogP contribution in [-0.4, -0.2) is 26.9 Å². The van der Waals surface area contributed by atoms with E-state index in [0.29, 0.717) is 6.54 Å². The summed E-state index contributed by atoms with van der Waals surface area (Å²) in [6, 6.07) is 1.35. The Kier molecular flexibility index (Phi) is 4.44. The average Bonchev–Trinajstić information content (AvgIpc) is 2.33. The zero-order valence-electron chi connectivity index (χ0n) is 7.17. The molecule has 3 N–H and O–H groups in total. The van der Waals surface area contributed by atoms with Gasteiger partial charge < -0.3 is 10.8 Å². The highest BCUT2D eigenvalue weighted by Crippen LogP contribution is 1.99. The van der Waals surface area contributed by atoms with Gasteiger partial charge in [-0.3, -0.25) is 4.68 Å². The second-order valence-electron chi connectivity index (χ2n) is 2.68. The first kappa shape index (κ1) is 11.9. The van der Waals surface area contributed by atoms with Gasteiger partial charge >= 0.3 is 5.97 Å². The lowest BCUT2D eigenvalue weighted by atomic mass is 10.3. The van der Waals surface area contributed by atoms with Gasteiger partial charge in [-0.05, 0) is 13.0 Å². The van der Waals surface area contributed by atoms with E-state index in [2.05, 4.69) is 5.10 Å². The highest BCUT2D eigenvalue weighted by molar-refractivity contribution is 5.85. The van der Waals surface area contributed by atoms with Crippen molar-refractivity contribution >= 4 is 18.4 Å². The maximum Gasteiger partial charge on any atom is 0.354 e. The number of carbonyl (C=O) groups is 1. The summed E-state index contributed by atoms with van der Waals surface area (Å²) in [7, 11) is 0. The molecule has 1 rings (SSSR count). The number of aromatic nitrogens is 2. The maximum absolute atomic E-state index is 10.6. The topological polar surface area (TPSA) is 81.1 Å². The fourth-order valence-electron chi connectivity index (χ4n) is 0.933. The Labute approximate surface area is 81.9 Å². The Bertz CT molecular complexity index is 285. The zero-order chi connectivity index (χ0) is 9.14. The first-order valence-electron chi connectivity index (χ1n) is 3.62. The highest BCUT2D eigenvalue weighted by Gasteiger charge is 2.10. The minimum absolute atomic E-state index is 0. The van der Waals surface area contributed by atoms with Crippen molar-refractivity contribution in [3.05, 3.63) is 18.0 Å². The smallest absolute Gasteiger partial charge is 0.354 e. The molecule has 1 atom stereocenters. The zero-order valence-corrected chi connectivity index (χ0v) is 7.99. The van der Waals surface area contributed by atoms with Crippen LogP contribution in [0.3, 0.4) is 0 Å². The minimum Gasteiger partial charge on any atom is -0.477 e. The number of hydrogen-bond donors (Lipinski definition) is 2. The molecule has 6 heteroatoms. The molecule has 0 aliphatic carbocycles. The van der Waals surface area contributed by atoms with Crippen molar-refractivity contribution in [3.8, 4) is 0 Å². The molecule has 5 nitrogen and oxygen atoms in total. The molecule has 0 aliphatic rings. The van der Waals surface area contributed by atoms with Crippen LogP contribution < -0.4 is 5.73 Å². The molecule has 0 saturated heterocycles. The van der Waals surface area contributed by atoms with Crippen molar-refractivity contribution < 1.29 is 9.90 Å². The van der Waals surface area contributed by atoms with Crippen molar-refractivity contribution in [1.29, 1.82) is 0 Å². The van der Waals surface area contributed by atoms with Crippen molar-refractivity contribution in [3.63, 3.8) is 0 Å². The van der Waals surface area contributed by atoms with Crippen molar-refractivity contribution in [1.82, 2.24) is 9.78 Å². The average molecular weight is 206 g/mol. The fourth-order valence-corrected chi connectivity index (χ4v) is 0.933. The Morgan fingerprint density at radius 2 is 2.46 bits per heavy atom. The lowest BCUT2D eigenvalue weighted by Gasteiger charge is -2.06. The van der Waals surface area contributed by atoms with E-state index < -0.39 is 5.97 Å². The lowest BCUT2D eigenvalue weighted by molar-refractivity contribution is 0.0683. The molecule has 0 aromatic carbocycles. The van der Waals surface area contributed by atoms with Crippen LogP contribution in [-0.2, 0) is 6.54 Å². The van der Waals surface area contributed by atoms with Crippen LogP contribution in [0.2, 0.25) is 0 Å². The van der Waals surface area contributed by atoms with Gasteiger partial charge in [0.2, 0.25) is 0 Å². The molecular weight excluding hydrogens is 194 g/mol. The SMILES string of the molecule is C[C@H](N)Cn1nccc1C(=O)O.Cl. The number of aromatic carboxylic acids is 1. The summed E-state index contributed by atoms with van der Waals surface area (Å²) >= 11 is 0. The first-order valence-corrected chi connectivity index (χ1v) is 3.62. The molecule has 1 heterocycles. The molecule has 0 aliphatic heterocycles. The molecule has 0 fully saturated rings. The van der Waals surface area contributed by atoms with Crippen molar-refractivity contribution in [2.45, 2.75) is 19.5 Å². The van der Waals surface area contributed by atoms with Crippen LogP contribution in [0.4, 0.5) is 0 Å². The van der Waals surface area contributed by atoms with E-state index in [0.717, 1.165) is 0 Å². The Morgan fingerprint density at radius 1 is 1.85 bits per heavy atom. The number of rotatable bonds is 3. The third kappa shape index (κ3) is 3.04. The van der Waals surface area contributed by atoms with Crippen LogP contribution in [0.15, 0.2) is 12.3 Å². The third-order valence-corrected chi connectivity index (χ3v) is 1.40. The van der Waals surface area contributed by atoms with Gasteiger partial charge in [0.05, 0.1) is 6.54 Å². The quantitative estimate of drug-likeness (QED) is 0.746. The van der Waals surface area contributed by atoms with E-state index in [1.165, 1.54) is 16.9 Å². The van der Waals surface area contributed by atoms with E-state index in [9.17, 15) is 4.79 Å². The molecule has 0 radical (unpaired) electrons. The van der Waals surface area contributed by atoms with Gasteiger partial charge in [-0.2, -0.15) is 5.10 Å². The minimum atomic E-state index is -0.979. The van der Waals surface area contributed by atoms with Gasteiger partial charge in [0.1, 0.15) is 5.69 Å². The first-order chi connectivity index (χ1) is 5.61. The maximum atomic E-state index is 10.6. The van der Waals surface area contributed by atoms with E-state index in [1.54, 1.807) is 6.92 Å². The standard InChI is InChI=1S/C7H11N3O2.ClH/c1-5(8)4-10-6(7(11)12)2-3-9-10;/h2-3,5H,4,8H2,1H3,(H,11,12);1H/t5-;/m0./s1. The predicted octanol–water partition coefficient (Wildman–Crippen LogP) is 0.350. The Morgan fingerprint density at radius 3 is 2.92 bits per heavy atom. The molecule has 13 heavy (non-hydrogen) atoms. The summed E-state index contributed by atoms with van der Waals surface area (Å²) in [5.41, 5.74) is 5.67. The summed E-state index contributed by atoms with van der Waals surface area (Å²) in [5.74, 6) is -0.979. The van der Waals surface area contributed by atoms with Gasteiger partial charge in [0.15, 0.2) is 0 Å². The van der Waals surface area contributed by atoms with Gasteiger partial charge in [-0.25, -0.2) is 4.79 Å². The summed E-state index contributed by atoms with van der Waals surface area (Å²) in [6.45, 7) is 2.22. The molecule has 0 amide bonds. The van der Waals surface area contributed by atoms with E-state index in [-0.39, 0.29) is 24.1 Å². The van der Waals surface area contributed by atoms with Crippen molar-refractivity contribution in [2.75, 3.05) is 0 Å². The number of halogens is 1. The Balaban J connectivity index is 0.00000144. The summed E-state index contributed by atoms with van der Waals surface area (Å²) < 4.78 is 1.38. The molecule has 1 aromatic heterocycles. The monoisotopic (exact) mass is 205 g/mol. The van der Waals surface area contributed by atoms with Crippen LogP contribution in [0.25, 0.3) is 0 Å². The number of nitrogens with zero attached hydrogens (tertiary/aromatic N) is 2. The normalized spacial score (nSPS) is 11.8. The number of carboxylic acid groups (broad SMARTS) is 1. The lowest BCUT2D eigenvalue weighted by Crippen LogP contribution is -2.24. The number of nitrogens with two attached hydrogens (primary N) is 1. The molecule has 0 unspecified atom stereocenters. The van der Waals surface area contributed by atoms with E-state index >= 15 is 0 Å². The third-order valence-electron chi connectivity index (χ3n) is 1.40. The van der Waals surface area contributed by atoms with Crippen LogP contribution in [0.5, 0.6) is 0 Å². The predicted molar refractivity (Wildman–Crippen MR) is 50.1 cm³/mol. The number of carboxylic acids is 1. The van der Waals surface area contributed by atoms with Crippen LogP contribution in [0.1, 0.15) is 17.4 Å². The van der Waals surface area contributed by atoms with Gasteiger partial charge in [0, 0.05) is 12.2 Å². The van der Waals surface area contributed by atoms with E-state index in [4.69, 9.17) is 10.8 Å². The second-order valence-corrected chi connectivity index (χ2v) is 2.68. The molecule has 1 aromatic rings. The van der Waals surface area contributed by atoms with Gasteiger partial charge in [0.25, 0.3) is 0 Å². The van der Waals surface area contributed by atoms with Crippen LogP contribution >= 0.6 is 12.4 Å². The fraction of sp³-hybridized carbons (Fsp3) is 0.429. The number of hydrogen-bond acceptors (Lipinski definition) is 3. The molecular formula is C7H12ClN3O2.